The Morgan fingerprint density at radius 3 is 2.54 bits per heavy atom. The second-order valence-corrected chi connectivity index (χ2v) is 8.03. The lowest BCUT2D eigenvalue weighted by atomic mass is 9.99. The highest BCUT2D eigenvalue weighted by atomic mass is 16.5. The standard InChI is InChI=1S/C24H32N2O2/c1-18-10-13-26(14-11-18)17-21-6-8-22(9-7-21)24(27)25-12-15-28-23-16-19(2)4-5-20(23)3/h4-9,16,18H,10-15,17H2,1-3H3,(H,25,27). The van der Waals surface area contributed by atoms with E-state index >= 15 is 0 Å². The molecule has 0 aromatic heterocycles. The summed E-state index contributed by atoms with van der Waals surface area (Å²) < 4.78 is 5.79. The first-order chi connectivity index (χ1) is 13.5. The van der Waals surface area contributed by atoms with Crippen molar-refractivity contribution in [3.05, 3.63) is 64.7 Å². The van der Waals surface area contributed by atoms with E-state index in [1.54, 1.807) is 0 Å². The van der Waals surface area contributed by atoms with Crippen LogP contribution in [-0.2, 0) is 6.54 Å². The molecule has 1 aliphatic rings. The molecule has 1 N–H and O–H groups in total. The summed E-state index contributed by atoms with van der Waals surface area (Å²) in [6, 6.07) is 14.1. The Morgan fingerprint density at radius 2 is 1.82 bits per heavy atom. The molecule has 1 aliphatic heterocycles. The zero-order chi connectivity index (χ0) is 19.9. The van der Waals surface area contributed by atoms with Crippen molar-refractivity contribution in [3.8, 4) is 5.75 Å². The molecule has 28 heavy (non-hydrogen) atoms. The SMILES string of the molecule is Cc1ccc(C)c(OCCNC(=O)c2ccc(CN3CCC(C)CC3)cc2)c1. The van der Waals surface area contributed by atoms with Crippen LogP contribution in [0.2, 0.25) is 0 Å². The lowest BCUT2D eigenvalue weighted by Gasteiger charge is -2.30. The summed E-state index contributed by atoms with van der Waals surface area (Å²) in [5, 5.41) is 2.93. The van der Waals surface area contributed by atoms with E-state index in [0.29, 0.717) is 18.7 Å². The van der Waals surface area contributed by atoms with Gasteiger partial charge in [0.05, 0.1) is 6.54 Å². The quantitative estimate of drug-likeness (QED) is 0.727. The lowest BCUT2D eigenvalue weighted by Crippen LogP contribution is -2.32. The maximum absolute atomic E-state index is 12.3. The van der Waals surface area contributed by atoms with Gasteiger partial charge in [-0.2, -0.15) is 0 Å². The lowest BCUT2D eigenvalue weighted by molar-refractivity contribution is 0.0947. The Kier molecular flexibility index (Phi) is 7.10. The van der Waals surface area contributed by atoms with Crippen molar-refractivity contribution in [2.45, 2.75) is 40.2 Å². The number of benzene rings is 2. The maximum Gasteiger partial charge on any atom is 0.251 e. The minimum atomic E-state index is -0.0529. The first-order valence-corrected chi connectivity index (χ1v) is 10.3. The summed E-state index contributed by atoms with van der Waals surface area (Å²) in [6.45, 7) is 10.7. The van der Waals surface area contributed by atoms with Crippen molar-refractivity contribution in [2.75, 3.05) is 26.2 Å². The van der Waals surface area contributed by atoms with E-state index in [9.17, 15) is 4.79 Å². The van der Waals surface area contributed by atoms with Gasteiger partial charge in [-0.15, -0.1) is 0 Å². The van der Waals surface area contributed by atoms with Gasteiger partial charge in [-0.05, 0) is 80.6 Å². The maximum atomic E-state index is 12.3. The average Bonchev–Trinajstić information content (AvgIpc) is 2.70. The summed E-state index contributed by atoms with van der Waals surface area (Å²) in [6.07, 6.45) is 2.56. The molecule has 0 atom stereocenters. The molecule has 1 saturated heterocycles. The molecule has 1 heterocycles. The van der Waals surface area contributed by atoms with Crippen molar-refractivity contribution in [1.29, 1.82) is 0 Å². The highest BCUT2D eigenvalue weighted by Crippen LogP contribution is 2.19. The van der Waals surface area contributed by atoms with Crippen LogP contribution in [0, 0.1) is 19.8 Å². The fourth-order valence-electron chi connectivity index (χ4n) is 3.53. The second-order valence-electron chi connectivity index (χ2n) is 8.03. The molecule has 2 aromatic carbocycles. The number of carbonyl (C=O) groups excluding carboxylic acids is 1. The molecule has 3 rings (SSSR count). The molecule has 150 valence electrons. The van der Waals surface area contributed by atoms with Crippen molar-refractivity contribution >= 4 is 5.91 Å². The van der Waals surface area contributed by atoms with E-state index in [4.69, 9.17) is 4.74 Å². The molecule has 4 heteroatoms. The van der Waals surface area contributed by atoms with E-state index in [1.807, 2.05) is 32.0 Å². The smallest absolute Gasteiger partial charge is 0.251 e. The van der Waals surface area contributed by atoms with Gasteiger partial charge in [-0.3, -0.25) is 9.69 Å². The van der Waals surface area contributed by atoms with Crippen LogP contribution in [0.15, 0.2) is 42.5 Å². The van der Waals surface area contributed by atoms with Gasteiger partial charge >= 0.3 is 0 Å². The third-order valence-corrected chi connectivity index (χ3v) is 5.49. The summed E-state index contributed by atoms with van der Waals surface area (Å²) in [7, 11) is 0. The fourth-order valence-corrected chi connectivity index (χ4v) is 3.53. The Hall–Kier alpha value is -2.33. The van der Waals surface area contributed by atoms with Gasteiger partial charge in [-0.25, -0.2) is 0 Å². The summed E-state index contributed by atoms with van der Waals surface area (Å²) in [5.41, 5.74) is 4.24. The predicted octanol–water partition coefficient (Wildman–Crippen LogP) is 4.34. The first kappa shape index (κ1) is 20.4. The van der Waals surface area contributed by atoms with Crippen LogP contribution in [0.1, 0.15) is 46.8 Å². The minimum Gasteiger partial charge on any atom is -0.491 e. The Labute approximate surface area is 168 Å². The summed E-state index contributed by atoms with van der Waals surface area (Å²) in [5.74, 6) is 1.68. The fraction of sp³-hybridized carbons (Fsp3) is 0.458. The Bertz CT molecular complexity index is 778. The zero-order valence-electron chi connectivity index (χ0n) is 17.3. The number of hydrogen-bond acceptors (Lipinski definition) is 3. The van der Waals surface area contributed by atoms with E-state index < -0.39 is 0 Å². The number of rotatable bonds is 7. The Balaban J connectivity index is 1.42. The molecule has 1 fully saturated rings. The van der Waals surface area contributed by atoms with E-state index in [0.717, 1.165) is 23.8 Å². The number of carbonyl (C=O) groups is 1. The molecule has 4 nitrogen and oxygen atoms in total. The number of piperidine rings is 1. The third-order valence-electron chi connectivity index (χ3n) is 5.49. The highest BCUT2D eigenvalue weighted by molar-refractivity contribution is 5.94. The number of aryl methyl sites for hydroxylation is 2. The largest absolute Gasteiger partial charge is 0.491 e. The molecule has 2 aromatic rings. The van der Waals surface area contributed by atoms with Gasteiger partial charge in [0.25, 0.3) is 5.91 Å². The number of likely N-dealkylation sites (tertiary alicyclic amines) is 1. The van der Waals surface area contributed by atoms with E-state index in [1.165, 1.54) is 37.1 Å². The number of amides is 1. The number of hydrogen-bond donors (Lipinski definition) is 1. The van der Waals surface area contributed by atoms with Crippen molar-refractivity contribution < 1.29 is 9.53 Å². The van der Waals surface area contributed by atoms with Gasteiger partial charge < -0.3 is 10.1 Å². The predicted molar refractivity (Wildman–Crippen MR) is 114 cm³/mol. The van der Waals surface area contributed by atoms with Crippen molar-refractivity contribution in [1.82, 2.24) is 10.2 Å². The average molecular weight is 381 g/mol. The van der Waals surface area contributed by atoms with Gasteiger partial charge in [0, 0.05) is 12.1 Å². The molecule has 0 aliphatic carbocycles. The van der Waals surface area contributed by atoms with Crippen LogP contribution >= 0.6 is 0 Å². The monoisotopic (exact) mass is 380 g/mol. The zero-order valence-corrected chi connectivity index (χ0v) is 17.3. The third kappa shape index (κ3) is 5.83. The molecular formula is C24H32N2O2. The number of nitrogens with one attached hydrogen (secondary N) is 1. The first-order valence-electron chi connectivity index (χ1n) is 10.3. The van der Waals surface area contributed by atoms with Crippen LogP contribution in [0.4, 0.5) is 0 Å². The summed E-state index contributed by atoms with van der Waals surface area (Å²) >= 11 is 0. The topological polar surface area (TPSA) is 41.6 Å². The van der Waals surface area contributed by atoms with E-state index in [2.05, 4.69) is 41.4 Å². The molecular weight excluding hydrogens is 348 g/mol. The van der Waals surface area contributed by atoms with Crippen molar-refractivity contribution in [2.24, 2.45) is 5.92 Å². The molecule has 0 bridgehead atoms. The number of ether oxygens (including phenoxy) is 1. The van der Waals surface area contributed by atoms with Gasteiger partial charge in [0.15, 0.2) is 0 Å². The van der Waals surface area contributed by atoms with Crippen LogP contribution in [0.5, 0.6) is 5.75 Å². The number of nitrogens with zero attached hydrogens (tertiary/aromatic N) is 1. The van der Waals surface area contributed by atoms with Crippen molar-refractivity contribution in [3.63, 3.8) is 0 Å². The molecule has 0 saturated carbocycles. The van der Waals surface area contributed by atoms with Gasteiger partial charge in [0.2, 0.25) is 0 Å². The normalized spacial score (nSPS) is 15.4. The minimum absolute atomic E-state index is 0.0529. The molecule has 0 unspecified atom stereocenters. The van der Waals surface area contributed by atoms with Crippen LogP contribution in [0.3, 0.4) is 0 Å². The molecule has 0 spiro atoms. The van der Waals surface area contributed by atoms with Gasteiger partial charge in [-0.1, -0.05) is 31.2 Å². The van der Waals surface area contributed by atoms with Crippen LogP contribution in [-0.4, -0.2) is 37.0 Å². The second kappa shape index (κ2) is 9.74. The summed E-state index contributed by atoms with van der Waals surface area (Å²) in [4.78, 5) is 14.8. The molecule has 1 amide bonds. The van der Waals surface area contributed by atoms with E-state index in [-0.39, 0.29) is 5.91 Å². The Morgan fingerprint density at radius 1 is 1.11 bits per heavy atom. The van der Waals surface area contributed by atoms with Gasteiger partial charge in [0.1, 0.15) is 12.4 Å². The van der Waals surface area contributed by atoms with Crippen LogP contribution < -0.4 is 10.1 Å². The molecule has 0 radical (unpaired) electrons. The van der Waals surface area contributed by atoms with Crippen LogP contribution in [0.25, 0.3) is 0 Å². The highest BCUT2D eigenvalue weighted by Gasteiger charge is 2.15.